The molecule has 3 amide bonds. The van der Waals surface area contributed by atoms with Crippen molar-refractivity contribution in [2.24, 2.45) is 0 Å². The Kier molecular flexibility index (Phi) is 5.44. The van der Waals surface area contributed by atoms with Crippen LogP contribution in [0.4, 0.5) is 9.18 Å². The molecule has 29 heavy (non-hydrogen) atoms. The van der Waals surface area contributed by atoms with Crippen LogP contribution in [-0.2, 0) is 11.3 Å². The van der Waals surface area contributed by atoms with Crippen LogP contribution in [0.15, 0.2) is 94.4 Å². The van der Waals surface area contributed by atoms with E-state index in [2.05, 4.69) is 5.32 Å². The van der Waals surface area contributed by atoms with E-state index in [4.69, 9.17) is 0 Å². The summed E-state index contributed by atoms with van der Waals surface area (Å²) >= 11 is 1.57. The SMILES string of the molecule is O=C1NC(=Cc2ccccc2Sc2ccccc2)C(=O)N1Cc1ccccc1F. The Labute approximate surface area is 172 Å². The molecule has 0 atom stereocenters. The number of halogens is 1. The van der Waals surface area contributed by atoms with Crippen molar-refractivity contribution in [3.63, 3.8) is 0 Å². The normalized spacial score (nSPS) is 15.1. The van der Waals surface area contributed by atoms with Crippen LogP contribution in [0.2, 0.25) is 0 Å². The first-order valence-corrected chi connectivity index (χ1v) is 9.83. The van der Waals surface area contributed by atoms with Gasteiger partial charge in [-0.1, -0.05) is 66.4 Å². The highest BCUT2D eigenvalue weighted by Crippen LogP contribution is 2.31. The van der Waals surface area contributed by atoms with Crippen LogP contribution >= 0.6 is 11.8 Å². The molecule has 4 rings (SSSR count). The largest absolute Gasteiger partial charge is 0.329 e. The van der Waals surface area contributed by atoms with Gasteiger partial charge in [-0.3, -0.25) is 9.69 Å². The highest BCUT2D eigenvalue weighted by atomic mass is 32.2. The van der Waals surface area contributed by atoms with Crippen molar-refractivity contribution in [3.8, 4) is 0 Å². The molecule has 1 aliphatic rings. The third-order valence-electron chi connectivity index (χ3n) is 4.44. The maximum Gasteiger partial charge on any atom is 0.329 e. The van der Waals surface area contributed by atoms with Crippen LogP contribution in [-0.4, -0.2) is 16.8 Å². The van der Waals surface area contributed by atoms with Crippen molar-refractivity contribution in [1.82, 2.24) is 10.2 Å². The summed E-state index contributed by atoms with van der Waals surface area (Å²) < 4.78 is 13.9. The lowest BCUT2D eigenvalue weighted by atomic mass is 10.2. The molecule has 0 spiro atoms. The highest BCUT2D eigenvalue weighted by Gasteiger charge is 2.34. The van der Waals surface area contributed by atoms with Crippen LogP contribution in [0.3, 0.4) is 0 Å². The predicted molar refractivity (Wildman–Crippen MR) is 110 cm³/mol. The Hall–Kier alpha value is -3.38. The Morgan fingerprint density at radius 1 is 0.897 bits per heavy atom. The van der Waals surface area contributed by atoms with Gasteiger partial charge in [-0.25, -0.2) is 9.18 Å². The molecule has 1 fully saturated rings. The average molecular weight is 404 g/mol. The number of hydrogen-bond acceptors (Lipinski definition) is 3. The minimum Gasteiger partial charge on any atom is -0.303 e. The number of imide groups is 1. The third-order valence-corrected chi connectivity index (χ3v) is 5.54. The van der Waals surface area contributed by atoms with Crippen LogP contribution in [0, 0.1) is 5.82 Å². The van der Waals surface area contributed by atoms with Gasteiger partial charge in [-0.05, 0) is 35.9 Å². The standard InChI is InChI=1S/C23H17FN2O2S/c24-19-12-6-4-9-17(19)15-26-22(27)20(25-23(26)28)14-16-8-5-7-13-21(16)29-18-10-2-1-3-11-18/h1-14H,15H2,(H,25,28). The summed E-state index contributed by atoms with van der Waals surface area (Å²) in [6.07, 6.45) is 1.66. The fourth-order valence-electron chi connectivity index (χ4n) is 2.98. The van der Waals surface area contributed by atoms with Gasteiger partial charge in [0, 0.05) is 15.4 Å². The summed E-state index contributed by atoms with van der Waals surface area (Å²) in [5.74, 6) is -0.923. The van der Waals surface area contributed by atoms with Gasteiger partial charge in [0.2, 0.25) is 0 Å². The molecule has 3 aromatic rings. The maximum absolute atomic E-state index is 13.9. The lowest BCUT2D eigenvalue weighted by Crippen LogP contribution is -2.30. The van der Waals surface area contributed by atoms with Crippen molar-refractivity contribution in [2.75, 3.05) is 0 Å². The van der Waals surface area contributed by atoms with Gasteiger partial charge in [0.05, 0.1) is 6.54 Å². The van der Waals surface area contributed by atoms with E-state index in [0.29, 0.717) is 0 Å². The van der Waals surface area contributed by atoms with Gasteiger partial charge in [0.1, 0.15) is 11.5 Å². The zero-order valence-corrected chi connectivity index (χ0v) is 16.2. The van der Waals surface area contributed by atoms with E-state index >= 15 is 0 Å². The Bertz CT molecular complexity index is 1100. The number of urea groups is 1. The molecule has 144 valence electrons. The molecule has 0 aromatic heterocycles. The lowest BCUT2D eigenvalue weighted by molar-refractivity contribution is -0.123. The molecule has 1 aliphatic heterocycles. The summed E-state index contributed by atoms with van der Waals surface area (Å²) in [6.45, 7) is -0.116. The fourth-order valence-corrected chi connectivity index (χ4v) is 3.91. The molecule has 6 heteroatoms. The van der Waals surface area contributed by atoms with Crippen molar-refractivity contribution in [1.29, 1.82) is 0 Å². The fraction of sp³-hybridized carbons (Fsp3) is 0.0435. The van der Waals surface area contributed by atoms with Crippen LogP contribution in [0.5, 0.6) is 0 Å². The number of carbonyl (C=O) groups excluding carboxylic acids is 2. The monoisotopic (exact) mass is 404 g/mol. The van der Waals surface area contributed by atoms with Crippen LogP contribution < -0.4 is 5.32 Å². The molecule has 1 saturated heterocycles. The number of amides is 3. The number of nitrogens with zero attached hydrogens (tertiary/aromatic N) is 1. The predicted octanol–water partition coefficient (Wildman–Crippen LogP) is 5.07. The number of nitrogens with one attached hydrogen (secondary N) is 1. The zero-order valence-electron chi connectivity index (χ0n) is 15.3. The topological polar surface area (TPSA) is 49.4 Å². The second-order valence-corrected chi connectivity index (χ2v) is 7.54. The second kappa shape index (κ2) is 8.32. The number of hydrogen-bond donors (Lipinski definition) is 1. The quantitative estimate of drug-likeness (QED) is 0.477. The Morgan fingerprint density at radius 3 is 2.38 bits per heavy atom. The third kappa shape index (κ3) is 4.22. The summed E-state index contributed by atoms with van der Waals surface area (Å²) in [5, 5.41) is 2.60. The molecule has 3 aromatic carbocycles. The van der Waals surface area contributed by atoms with Gasteiger partial charge in [-0.2, -0.15) is 0 Å². The van der Waals surface area contributed by atoms with E-state index in [1.54, 1.807) is 36.0 Å². The van der Waals surface area contributed by atoms with Gasteiger partial charge in [0.15, 0.2) is 0 Å². The summed E-state index contributed by atoms with van der Waals surface area (Å²) in [5.41, 5.74) is 1.28. The number of benzene rings is 3. The van der Waals surface area contributed by atoms with E-state index in [9.17, 15) is 14.0 Å². The van der Waals surface area contributed by atoms with Gasteiger partial charge in [-0.15, -0.1) is 0 Å². The first-order valence-electron chi connectivity index (χ1n) is 9.02. The smallest absolute Gasteiger partial charge is 0.303 e. The van der Waals surface area contributed by atoms with Gasteiger partial charge >= 0.3 is 6.03 Å². The lowest BCUT2D eigenvalue weighted by Gasteiger charge is -2.12. The molecule has 1 N–H and O–H groups in total. The first kappa shape index (κ1) is 19.0. The second-order valence-electron chi connectivity index (χ2n) is 6.42. The van der Waals surface area contributed by atoms with E-state index < -0.39 is 17.8 Å². The number of carbonyl (C=O) groups is 2. The summed E-state index contributed by atoms with van der Waals surface area (Å²) in [6, 6.07) is 23.1. The van der Waals surface area contributed by atoms with Gasteiger partial charge in [0.25, 0.3) is 5.91 Å². The molecule has 4 nitrogen and oxygen atoms in total. The molecule has 0 aliphatic carbocycles. The first-order chi connectivity index (χ1) is 14.1. The van der Waals surface area contributed by atoms with E-state index in [1.165, 1.54) is 6.07 Å². The molecule has 0 radical (unpaired) electrons. The average Bonchev–Trinajstić information content (AvgIpc) is 2.99. The minimum absolute atomic E-state index is 0.116. The molecule has 1 heterocycles. The van der Waals surface area contributed by atoms with Gasteiger partial charge < -0.3 is 5.32 Å². The Morgan fingerprint density at radius 2 is 1.59 bits per heavy atom. The maximum atomic E-state index is 13.9. The van der Waals surface area contributed by atoms with Crippen LogP contribution in [0.1, 0.15) is 11.1 Å². The molecule has 0 saturated carbocycles. The number of rotatable bonds is 5. The van der Waals surface area contributed by atoms with Crippen molar-refractivity contribution >= 4 is 29.8 Å². The molecular formula is C23H17FN2O2S. The Balaban J connectivity index is 1.59. The van der Waals surface area contributed by atoms with E-state index in [-0.39, 0.29) is 17.8 Å². The molecule has 0 bridgehead atoms. The zero-order chi connectivity index (χ0) is 20.2. The molecular weight excluding hydrogens is 387 g/mol. The summed E-state index contributed by atoms with van der Waals surface area (Å²) in [7, 11) is 0. The molecule has 0 unspecified atom stereocenters. The van der Waals surface area contributed by atoms with Crippen molar-refractivity contribution in [3.05, 3.63) is 102 Å². The highest BCUT2D eigenvalue weighted by molar-refractivity contribution is 7.99. The van der Waals surface area contributed by atoms with Crippen molar-refractivity contribution in [2.45, 2.75) is 16.3 Å². The van der Waals surface area contributed by atoms with E-state index in [1.807, 2.05) is 54.6 Å². The van der Waals surface area contributed by atoms with E-state index in [0.717, 1.165) is 20.3 Å². The minimum atomic E-state index is -0.558. The van der Waals surface area contributed by atoms with Crippen molar-refractivity contribution < 1.29 is 14.0 Å². The summed E-state index contributed by atoms with van der Waals surface area (Å²) in [4.78, 5) is 28.1. The van der Waals surface area contributed by atoms with Crippen LogP contribution in [0.25, 0.3) is 6.08 Å².